The Bertz CT molecular complexity index is 1790. The first-order valence-electron chi connectivity index (χ1n) is 21.7. The molecule has 6 amide bonds. The third-order valence-corrected chi connectivity index (χ3v) is 13.1. The van der Waals surface area contributed by atoms with E-state index in [0.29, 0.717) is 62.6 Å². The molecule has 2 aromatic carbocycles. The van der Waals surface area contributed by atoms with Gasteiger partial charge in [-0.25, -0.2) is 9.59 Å². The molecule has 0 saturated carbocycles. The van der Waals surface area contributed by atoms with E-state index in [1.165, 1.54) is 18.1 Å². The fourth-order valence-electron chi connectivity index (χ4n) is 8.00. The third kappa shape index (κ3) is 14.7. The molecule has 5 N–H and O–H groups in total. The summed E-state index contributed by atoms with van der Waals surface area (Å²) in [5.41, 5.74) is 4.28. The number of likely N-dealkylation sites (tertiary alicyclic amines) is 1. The third-order valence-electron chi connectivity index (χ3n) is 11.6. The number of amides is 6. The van der Waals surface area contributed by atoms with Crippen LogP contribution in [0.2, 0.25) is 0 Å². The molecule has 0 aromatic heterocycles. The smallest absolute Gasteiger partial charge is 0.329 e. The van der Waals surface area contributed by atoms with Crippen LogP contribution >= 0.6 is 11.8 Å². The van der Waals surface area contributed by atoms with E-state index in [2.05, 4.69) is 58.6 Å². The average Bonchev–Trinajstić information content (AvgIpc) is 3.80. The Morgan fingerprint density at radius 1 is 0.850 bits per heavy atom. The summed E-state index contributed by atoms with van der Waals surface area (Å²) in [7, 11) is 0. The zero-order chi connectivity index (χ0) is 42.9. The quantitative estimate of drug-likeness (QED) is 0.0588. The first-order valence-corrected chi connectivity index (χ1v) is 22.8. The molecule has 3 aliphatic heterocycles. The van der Waals surface area contributed by atoms with Crippen LogP contribution in [0.5, 0.6) is 5.75 Å². The number of nitrogens with zero attached hydrogens (tertiary/aromatic N) is 1. The number of carbonyl (C=O) groups is 6. The molecule has 0 radical (unpaired) electrons. The van der Waals surface area contributed by atoms with Crippen LogP contribution in [-0.4, -0.2) is 102 Å². The highest BCUT2D eigenvalue weighted by atomic mass is 32.2. The van der Waals surface area contributed by atoms with Crippen LogP contribution < -0.4 is 31.3 Å². The molecule has 0 spiro atoms. The molecule has 60 heavy (non-hydrogen) atoms. The lowest BCUT2D eigenvalue weighted by atomic mass is 9.98. The number of urea groups is 1. The van der Waals surface area contributed by atoms with E-state index in [-0.39, 0.29) is 61.4 Å². The van der Waals surface area contributed by atoms with Gasteiger partial charge in [-0.05, 0) is 106 Å². The largest absolute Gasteiger partial charge is 0.484 e. The Labute approximate surface area is 358 Å². The van der Waals surface area contributed by atoms with Gasteiger partial charge in [0.05, 0.1) is 12.1 Å². The van der Waals surface area contributed by atoms with Crippen molar-refractivity contribution in [3.05, 3.63) is 64.7 Å². The second-order valence-corrected chi connectivity index (χ2v) is 17.5. The maximum absolute atomic E-state index is 13.5. The normalized spacial score (nSPS) is 20.0. The maximum Gasteiger partial charge on any atom is 0.329 e. The number of hydrogen-bond donors (Lipinski definition) is 5. The number of rotatable bonds is 23. The second kappa shape index (κ2) is 23.9. The van der Waals surface area contributed by atoms with Gasteiger partial charge in [0.15, 0.2) is 6.61 Å². The van der Waals surface area contributed by atoms with Crippen LogP contribution in [0.1, 0.15) is 112 Å². The highest BCUT2D eigenvalue weighted by molar-refractivity contribution is 8.00. The highest BCUT2D eigenvalue weighted by Gasteiger charge is 2.42. The van der Waals surface area contributed by atoms with Crippen molar-refractivity contribution in [2.24, 2.45) is 0 Å². The fourth-order valence-corrected chi connectivity index (χ4v) is 9.54. The summed E-state index contributed by atoms with van der Waals surface area (Å²) in [6.07, 6.45) is 8.84. The summed E-state index contributed by atoms with van der Waals surface area (Å²) >= 11 is 1.89. The molecule has 2 aromatic rings. The van der Waals surface area contributed by atoms with Crippen LogP contribution in [0.3, 0.4) is 0 Å². The van der Waals surface area contributed by atoms with Gasteiger partial charge in [-0.1, -0.05) is 43.2 Å². The van der Waals surface area contributed by atoms with Gasteiger partial charge in [0.25, 0.3) is 5.91 Å². The molecule has 14 nitrogen and oxygen atoms in total. The van der Waals surface area contributed by atoms with Gasteiger partial charge in [0, 0.05) is 56.9 Å². The number of unbranched alkanes of at least 4 members (excludes halogenated alkanes) is 3. The molecule has 5 atom stereocenters. The minimum atomic E-state index is -0.612. The minimum absolute atomic E-state index is 0.0475. The molecular formula is C45H64N6O8S. The summed E-state index contributed by atoms with van der Waals surface area (Å²) in [5.74, 6) is 0.468. The van der Waals surface area contributed by atoms with Crippen LogP contribution in [-0.2, 0) is 35.1 Å². The second-order valence-electron chi connectivity index (χ2n) is 16.2. The lowest BCUT2D eigenvalue weighted by Crippen LogP contribution is -2.48. The van der Waals surface area contributed by atoms with Crippen LogP contribution in [0, 0.1) is 13.8 Å². The predicted octanol–water partition coefficient (Wildman–Crippen LogP) is 4.94. The summed E-state index contributed by atoms with van der Waals surface area (Å²) < 4.78 is 12.0. The average molecular weight is 849 g/mol. The maximum atomic E-state index is 13.5. The highest BCUT2D eigenvalue weighted by Crippen LogP contribution is 2.33. The molecule has 0 unspecified atom stereocenters. The molecule has 3 aliphatic rings. The van der Waals surface area contributed by atoms with Crippen molar-refractivity contribution in [1.82, 2.24) is 31.5 Å². The Morgan fingerprint density at radius 2 is 1.60 bits per heavy atom. The molecule has 328 valence electrons. The zero-order valence-corrected chi connectivity index (χ0v) is 36.3. The van der Waals surface area contributed by atoms with E-state index in [0.717, 1.165) is 61.8 Å². The summed E-state index contributed by atoms with van der Waals surface area (Å²) in [4.78, 5) is 76.1. The fraction of sp³-hybridized carbons (Fsp3) is 0.600. The van der Waals surface area contributed by atoms with E-state index in [1.54, 1.807) is 23.1 Å². The van der Waals surface area contributed by atoms with Gasteiger partial charge < -0.3 is 41.0 Å². The molecule has 3 saturated heterocycles. The lowest BCUT2D eigenvalue weighted by molar-refractivity contribution is -0.161. The molecule has 5 rings (SSSR count). The van der Waals surface area contributed by atoms with Crippen molar-refractivity contribution in [2.45, 2.75) is 134 Å². The standard InChI is InChI=1S/C45H64N6O8S/c1-30-18-19-33(26-31(30)2)20-21-38(59-44(56)37-14-8-10-25-51(37)32(3)52)34-12-11-13-35(27-34)58-28-42(55)48-24-23-47-41(54)16-5-4-9-22-46-40(53)17-7-6-15-39-43-36(29-60-39)49-45(57)50-43/h11-13,18-19,26-27,36-39,43H,4-10,14-17,20-25,28-29H2,1-3H3,(H,46,53)(H,47,54)(H,48,55)(H2,49,50,57)/t36-,37-,38+,39-,43-/m0/s1. The number of piperidine rings is 1. The van der Waals surface area contributed by atoms with E-state index in [4.69, 9.17) is 9.47 Å². The van der Waals surface area contributed by atoms with Crippen molar-refractivity contribution < 1.29 is 38.2 Å². The number of aryl methyl sites for hydroxylation is 3. The summed E-state index contributed by atoms with van der Waals surface area (Å²) in [5, 5.41) is 14.9. The Balaban J connectivity index is 0.943. The van der Waals surface area contributed by atoms with Gasteiger partial charge in [0.1, 0.15) is 17.9 Å². The first-order chi connectivity index (χ1) is 29.0. The van der Waals surface area contributed by atoms with Crippen molar-refractivity contribution >= 4 is 47.4 Å². The van der Waals surface area contributed by atoms with E-state index >= 15 is 0 Å². The monoisotopic (exact) mass is 848 g/mol. The Kier molecular flexibility index (Phi) is 18.4. The van der Waals surface area contributed by atoms with Gasteiger partial charge in [-0.15, -0.1) is 0 Å². The minimum Gasteiger partial charge on any atom is -0.484 e. The van der Waals surface area contributed by atoms with E-state index in [1.807, 2.05) is 17.8 Å². The predicted molar refractivity (Wildman–Crippen MR) is 231 cm³/mol. The number of fused-ring (bicyclic) bond motifs is 1. The van der Waals surface area contributed by atoms with Crippen LogP contribution in [0.15, 0.2) is 42.5 Å². The number of ether oxygens (including phenoxy) is 2. The van der Waals surface area contributed by atoms with Crippen LogP contribution in [0.25, 0.3) is 0 Å². The number of esters is 1. The molecule has 3 heterocycles. The van der Waals surface area contributed by atoms with Crippen LogP contribution in [0.4, 0.5) is 4.79 Å². The first kappa shape index (κ1) is 46.3. The number of hydrogen-bond acceptors (Lipinski definition) is 9. The van der Waals surface area contributed by atoms with Crippen molar-refractivity contribution in [2.75, 3.05) is 38.5 Å². The van der Waals surface area contributed by atoms with Crippen molar-refractivity contribution in [3.8, 4) is 5.75 Å². The summed E-state index contributed by atoms with van der Waals surface area (Å²) in [6.45, 7) is 7.07. The van der Waals surface area contributed by atoms with Crippen molar-refractivity contribution in [1.29, 1.82) is 0 Å². The van der Waals surface area contributed by atoms with Gasteiger partial charge in [0.2, 0.25) is 17.7 Å². The zero-order valence-electron chi connectivity index (χ0n) is 35.5. The van der Waals surface area contributed by atoms with E-state index in [9.17, 15) is 28.8 Å². The van der Waals surface area contributed by atoms with Gasteiger partial charge in [-0.2, -0.15) is 11.8 Å². The lowest BCUT2D eigenvalue weighted by Gasteiger charge is -2.34. The Morgan fingerprint density at radius 3 is 2.37 bits per heavy atom. The Hall–Kier alpha value is -4.79. The molecule has 15 heteroatoms. The SMILES string of the molecule is CC(=O)N1CCCC[C@H]1C(=O)O[C@H](CCc1ccc(C)c(C)c1)c1cccc(OCC(=O)NCCNC(=O)CCCCCNC(=O)CCCC[C@@H]2SC[C@@H]3NC(=O)N[C@@H]32)c1. The van der Waals surface area contributed by atoms with Gasteiger partial charge >= 0.3 is 12.0 Å². The molecule has 3 fully saturated rings. The number of thioether (sulfide) groups is 1. The van der Waals surface area contributed by atoms with E-state index < -0.39 is 18.1 Å². The number of benzene rings is 2. The van der Waals surface area contributed by atoms with Crippen molar-refractivity contribution in [3.63, 3.8) is 0 Å². The number of carbonyl (C=O) groups excluding carboxylic acids is 6. The number of nitrogens with one attached hydrogen (secondary N) is 5. The molecule has 0 aliphatic carbocycles. The molecule has 0 bridgehead atoms. The summed E-state index contributed by atoms with van der Waals surface area (Å²) in [6, 6.07) is 13.3. The molecular weight excluding hydrogens is 785 g/mol. The van der Waals surface area contributed by atoms with Gasteiger partial charge in [-0.3, -0.25) is 19.2 Å². The topological polar surface area (TPSA) is 184 Å².